The lowest BCUT2D eigenvalue weighted by Crippen LogP contribution is -2.39. The van der Waals surface area contributed by atoms with Gasteiger partial charge in [-0.1, -0.05) is 12.8 Å². The van der Waals surface area contributed by atoms with Gasteiger partial charge in [0.2, 0.25) is 23.6 Å². The Labute approximate surface area is 129 Å². The molecule has 0 aromatic heterocycles. The molecule has 2 atom stereocenters. The fraction of sp³-hybridized carbons (Fsp3) is 0.733. The van der Waals surface area contributed by atoms with Crippen LogP contribution in [0.2, 0.25) is 0 Å². The van der Waals surface area contributed by atoms with Crippen molar-refractivity contribution in [1.82, 2.24) is 15.5 Å². The van der Waals surface area contributed by atoms with Crippen LogP contribution in [0.1, 0.15) is 39.0 Å². The average molecular weight is 309 g/mol. The minimum atomic E-state index is -0.332. The molecule has 0 unspecified atom stereocenters. The summed E-state index contributed by atoms with van der Waals surface area (Å²) in [4.78, 5) is 48.6. The van der Waals surface area contributed by atoms with Crippen LogP contribution in [0, 0.1) is 11.8 Å². The van der Waals surface area contributed by atoms with Gasteiger partial charge in [0, 0.05) is 19.5 Å². The number of hydrogen-bond donors (Lipinski definition) is 2. The van der Waals surface area contributed by atoms with Gasteiger partial charge in [-0.2, -0.15) is 0 Å². The number of fused-ring (bicyclic) bond motifs is 1. The minimum absolute atomic E-state index is 0.0380. The van der Waals surface area contributed by atoms with Crippen LogP contribution >= 0.6 is 0 Å². The monoisotopic (exact) mass is 309 g/mol. The van der Waals surface area contributed by atoms with Gasteiger partial charge in [-0.05, 0) is 19.8 Å². The zero-order valence-corrected chi connectivity index (χ0v) is 12.9. The van der Waals surface area contributed by atoms with Crippen molar-refractivity contribution in [3.63, 3.8) is 0 Å². The Balaban J connectivity index is 1.79. The second-order valence-corrected chi connectivity index (χ2v) is 5.81. The molecule has 1 heterocycles. The SMILES string of the molecule is CCNC(=O)CNC(=O)CCN1C(=O)[C@H]2CCCC[C@@H]2C1=O. The van der Waals surface area contributed by atoms with E-state index in [1.54, 1.807) is 6.92 Å². The second-order valence-electron chi connectivity index (χ2n) is 5.81. The normalized spacial score (nSPS) is 24.1. The molecule has 0 bridgehead atoms. The fourth-order valence-electron chi connectivity index (χ4n) is 3.19. The predicted octanol–water partition coefficient (Wildman–Crippen LogP) is -0.196. The Bertz CT molecular complexity index is 453. The summed E-state index contributed by atoms with van der Waals surface area (Å²) in [5.74, 6) is -1.21. The molecule has 1 saturated carbocycles. The van der Waals surface area contributed by atoms with Crippen LogP contribution in [-0.4, -0.2) is 48.2 Å². The fourth-order valence-corrected chi connectivity index (χ4v) is 3.19. The Morgan fingerprint density at radius 1 is 1.05 bits per heavy atom. The third-order valence-electron chi connectivity index (χ3n) is 4.31. The molecule has 0 aromatic rings. The molecule has 122 valence electrons. The highest BCUT2D eigenvalue weighted by atomic mass is 16.2. The number of likely N-dealkylation sites (tertiary alicyclic amines) is 1. The van der Waals surface area contributed by atoms with Crippen molar-refractivity contribution >= 4 is 23.6 Å². The summed E-state index contributed by atoms with van der Waals surface area (Å²) in [7, 11) is 0. The number of nitrogens with one attached hydrogen (secondary N) is 2. The van der Waals surface area contributed by atoms with Crippen molar-refractivity contribution in [2.24, 2.45) is 11.8 Å². The topological polar surface area (TPSA) is 95.6 Å². The lowest BCUT2D eigenvalue weighted by atomic mass is 9.81. The Morgan fingerprint density at radius 2 is 1.64 bits per heavy atom. The van der Waals surface area contributed by atoms with E-state index in [9.17, 15) is 19.2 Å². The van der Waals surface area contributed by atoms with E-state index in [-0.39, 0.29) is 55.0 Å². The highest BCUT2D eigenvalue weighted by Crippen LogP contribution is 2.37. The van der Waals surface area contributed by atoms with Crippen LogP contribution in [0.4, 0.5) is 0 Å². The minimum Gasteiger partial charge on any atom is -0.355 e. The summed E-state index contributed by atoms with van der Waals surface area (Å²) in [6.45, 7) is 2.32. The molecule has 22 heavy (non-hydrogen) atoms. The second kappa shape index (κ2) is 7.38. The molecule has 0 radical (unpaired) electrons. The Hall–Kier alpha value is -1.92. The first-order valence-corrected chi connectivity index (χ1v) is 7.93. The Morgan fingerprint density at radius 3 is 2.18 bits per heavy atom. The average Bonchev–Trinajstić information content (AvgIpc) is 2.76. The molecule has 1 aliphatic heterocycles. The third-order valence-corrected chi connectivity index (χ3v) is 4.31. The summed E-state index contributed by atoms with van der Waals surface area (Å²) in [5.41, 5.74) is 0. The number of amides is 4. The van der Waals surface area contributed by atoms with Gasteiger partial charge in [0.1, 0.15) is 0 Å². The molecule has 7 nitrogen and oxygen atoms in total. The summed E-state index contributed by atoms with van der Waals surface area (Å²) in [6.07, 6.45) is 3.56. The van der Waals surface area contributed by atoms with Crippen molar-refractivity contribution in [3.05, 3.63) is 0 Å². The van der Waals surface area contributed by atoms with Crippen molar-refractivity contribution < 1.29 is 19.2 Å². The first-order chi connectivity index (χ1) is 10.5. The summed E-state index contributed by atoms with van der Waals surface area (Å²) >= 11 is 0. The van der Waals surface area contributed by atoms with E-state index >= 15 is 0 Å². The molecule has 0 spiro atoms. The summed E-state index contributed by atoms with van der Waals surface area (Å²) < 4.78 is 0. The van der Waals surface area contributed by atoms with E-state index in [0.29, 0.717) is 6.54 Å². The lowest BCUT2D eigenvalue weighted by molar-refractivity contribution is -0.140. The quantitative estimate of drug-likeness (QED) is 0.664. The molecule has 1 saturated heterocycles. The maximum absolute atomic E-state index is 12.2. The molecular formula is C15H23N3O4. The van der Waals surface area contributed by atoms with E-state index in [2.05, 4.69) is 10.6 Å². The van der Waals surface area contributed by atoms with E-state index in [1.165, 1.54) is 4.90 Å². The van der Waals surface area contributed by atoms with E-state index < -0.39 is 0 Å². The molecule has 0 aromatic carbocycles. The number of rotatable bonds is 6. The maximum atomic E-state index is 12.2. The zero-order chi connectivity index (χ0) is 16.1. The van der Waals surface area contributed by atoms with Gasteiger partial charge in [-0.15, -0.1) is 0 Å². The highest BCUT2D eigenvalue weighted by Gasteiger charge is 2.47. The van der Waals surface area contributed by atoms with Gasteiger partial charge in [-0.25, -0.2) is 0 Å². The van der Waals surface area contributed by atoms with Crippen LogP contribution in [0.15, 0.2) is 0 Å². The van der Waals surface area contributed by atoms with Gasteiger partial charge in [0.25, 0.3) is 0 Å². The van der Waals surface area contributed by atoms with Crippen LogP contribution < -0.4 is 10.6 Å². The van der Waals surface area contributed by atoms with Crippen molar-refractivity contribution in [3.8, 4) is 0 Å². The zero-order valence-electron chi connectivity index (χ0n) is 12.9. The number of imide groups is 1. The first kappa shape index (κ1) is 16.5. The van der Waals surface area contributed by atoms with Crippen LogP contribution in [0.25, 0.3) is 0 Å². The van der Waals surface area contributed by atoms with Crippen LogP contribution in [-0.2, 0) is 19.2 Å². The smallest absolute Gasteiger partial charge is 0.239 e. The van der Waals surface area contributed by atoms with E-state index in [4.69, 9.17) is 0 Å². The standard InChI is InChI=1S/C15H23N3O4/c1-2-16-13(20)9-17-12(19)7-8-18-14(21)10-5-3-4-6-11(10)15(18)22/h10-11H,2-9H2,1H3,(H,16,20)(H,17,19)/t10-,11-/m0/s1. The number of nitrogens with zero attached hydrogens (tertiary/aromatic N) is 1. The van der Waals surface area contributed by atoms with Crippen LogP contribution in [0.3, 0.4) is 0 Å². The molecule has 2 rings (SSSR count). The van der Waals surface area contributed by atoms with Crippen molar-refractivity contribution in [2.45, 2.75) is 39.0 Å². The van der Waals surface area contributed by atoms with Gasteiger partial charge >= 0.3 is 0 Å². The van der Waals surface area contributed by atoms with Gasteiger partial charge < -0.3 is 10.6 Å². The highest BCUT2D eigenvalue weighted by molar-refractivity contribution is 6.05. The van der Waals surface area contributed by atoms with Crippen molar-refractivity contribution in [1.29, 1.82) is 0 Å². The molecule has 7 heteroatoms. The maximum Gasteiger partial charge on any atom is 0.239 e. The van der Waals surface area contributed by atoms with Gasteiger partial charge in [0.15, 0.2) is 0 Å². The lowest BCUT2D eigenvalue weighted by Gasteiger charge is -2.19. The van der Waals surface area contributed by atoms with Gasteiger partial charge in [0.05, 0.1) is 18.4 Å². The molecular weight excluding hydrogens is 286 g/mol. The molecule has 1 aliphatic carbocycles. The molecule has 2 fully saturated rings. The summed E-state index contributed by atoms with van der Waals surface area (Å²) in [6, 6.07) is 0. The molecule has 2 aliphatic rings. The third kappa shape index (κ3) is 3.64. The van der Waals surface area contributed by atoms with Crippen molar-refractivity contribution in [2.75, 3.05) is 19.6 Å². The number of carbonyl (C=O) groups is 4. The summed E-state index contributed by atoms with van der Waals surface area (Å²) in [5, 5.41) is 5.06. The van der Waals surface area contributed by atoms with Gasteiger partial charge in [-0.3, -0.25) is 24.1 Å². The first-order valence-electron chi connectivity index (χ1n) is 7.93. The molecule has 4 amide bonds. The largest absolute Gasteiger partial charge is 0.355 e. The number of carbonyl (C=O) groups excluding carboxylic acids is 4. The number of likely N-dealkylation sites (N-methyl/N-ethyl adjacent to an activating group) is 1. The van der Waals surface area contributed by atoms with E-state index in [0.717, 1.165) is 25.7 Å². The number of hydrogen-bond acceptors (Lipinski definition) is 4. The Kier molecular flexibility index (Phi) is 5.51. The predicted molar refractivity (Wildman–Crippen MR) is 78.5 cm³/mol. The van der Waals surface area contributed by atoms with Crippen LogP contribution in [0.5, 0.6) is 0 Å². The van der Waals surface area contributed by atoms with E-state index in [1.807, 2.05) is 0 Å². The molecule has 2 N–H and O–H groups in total.